The molecule has 2 rings (SSSR count). The van der Waals surface area contributed by atoms with Crippen LogP contribution in [-0.2, 0) is 12.6 Å². The van der Waals surface area contributed by atoms with E-state index in [1.54, 1.807) is 17.4 Å². The van der Waals surface area contributed by atoms with Crippen LogP contribution in [0.4, 0.5) is 13.2 Å². The second-order valence-corrected chi connectivity index (χ2v) is 5.85. The van der Waals surface area contributed by atoms with Crippen LogP contribution in [0, 0.1) is 0 Å². The Kier molecular flexibility index (Phi) is 5.39. The SMILES string of the molecule is NNC(CCCc1cccs1)c1cccc(C(F)(F)F)c1. The zero-order valence-electron chi connectivity index (χ0n) is 11.4. The van der Waals surface area contributed by atoms with Crippen molar-refractivity contribution in [2.24, 2.45) is 5.84 Å². The van der Waals surface area contributed by atoms with Gasteiger partial charge in [-0.05, 0) is 48.4 Å². The molecular weight excluding hydrogens is 297 g/mol. The molecule has 0 fully saturated rings. The Morgan fingerprint density at radius 1 is 1.19 bits per heavy atom. The highest BCUT2D eigenvalue weighted by molar-refractivity contribution is 7.09. The van der Waals surface area contributed by atoms with Gasteiger partial charge in [0.1, 0.15) is 0 Å². The monoisotopic (exact) mass is 314 g/mol. The first-order valence-corrected chi connectivity index (χ1v) is 7.54. The van der Waals surface area contributed by atoms with Gasteiger partial charge in [-0.15, -0.1) is 11.3 Å². The average Bonchev–Trinajstić information content (AvgIpc) is 2.96. The molecule has 0 aliphatic heterocycles. The molecule has 2 aromatic rings. The summed E-state index contributed by atoms with van der Waals surface area (Å²) in [6, 6.07) is 9.10. The predicted molar refractivity (Wildman–Crippen MR) is 78.8 cm³/mol. The number of alkyl halides is 3. The smallest absolute Gasteiger partial charge is 0.271 e. The van der Waals surface area contributed by atoms with Gasteiger partial charge in [0, 0.05) is 10.9 Å². The number of aryl methyl sites for hydroxylation is 1. The van der Waals surface area contributed by atoms with Crippen molar-refractivity contribution in [2.45, 2.75) is 31.5 Å². The van der Waals surface area contributed by atoms with Crippen molar-refractivity contribution in [1.82, 2.24) is 5.43 Å². The van der Waals surface area contributed by atoms with E-state index in [0.717, 1.165) is 25.0 Å². The molecule has 0 bridgehead atoms. The first-order valence-electron chi connectivity index (χ1n) is 6.66. The van der Waals surface area contributed by atoms with Gasteiger partial charge in [0.2, 0.25) is 0 Å². The first-order chi connectivity index (χ1) is 10.0. The normalized spacial score (nSPS) is 13.3. The van der Waals surface area contributed by atoms with Crippen LogP contribution in [0.25, 0.3) is 0 Å². The number of hydrogen-bond acceptors (Lipinski definition) is 3. The minimum Gasteiger partial charge on any atom is -0.271 e. The van der Waals surface area contributed by atoms with Gasteiger partial charge < -0.3 is 0 Å². The number of thiophene rings is 1. The van der Waals surface area contributed by atoms with E-state index < -0.39 is 11.7 Å². The summed E-state index contributed by atoms with van der Waals surface area (Å²) in [5.41, 5.74) is 2.54. The molecule has 0 amide bonds. The van der Waals surface area contributed by atoms with Gasteiger partial charge in [-0.25, -0.2) is 0 Å². The molecule has 0 radical (unpaired) electrons. The molecule has 3 N–H and O–H groups in total. The highest BCUT2D eigenvalue weighted by Gasteiger charge is 2.30. The molecule has 1 atom stereocenters. The number of rotatable bonds is 6. The first kappa shape index (κ1) is 16.0. The second kappa shape index (κ2) is 7.06. The zero-order chi connectivity index (χ0) is 15.3. The second-order valence-electron chi connectivity index (χ2n) is 4.81. The minimum atomic E-state index is -4.33. The van der Waals surface area contributed by atoms with Crippen molar-refractivity contribution in [3.05, 3.63) is 57.8 Å². The lowest BCUT2D eigenvalue weighted by molar-refractivity contribution is -0.137. The summed E-state index contributed by atoms with van der Waals surface area (Å²) in [5, 5.41) is 2.01. The molecule has 0 spiro atoms. The number of hydrazine groups is 1. The molecule has 21 heavy (non-hydrogen) atoms. The average molecular weight is 314 g/mol. The van der Waals surface area contributed by atoms with Crippen molar-refractivity contribution >= 4 is 11.3 Å². The molecule has 1 heterocycles. The lowest BCUT2D eigenvalue weighted by atomic mass is 9.99. The summed E-state index contributed by atoms with van der Waals surface area (Å²) >= 11 is 1.68. The van der Waals surface area contributed by atoms with Crippen molar-refractivity contribution in [3.63, 3.8) is 0 Å². The van der Waals surface area contributed by atoms with Crippen LogP contribution < -0.4 is 11.3 Å². The predicted octanol–water partition coefficient (Wildman–Crippen LogP) is 4.29. The molecule has 6 heteroatoms. The molecule has 114 valence electrons. The van der Waals surface area contributed by atoms with Crippen LogP contribution in [0.3, 0.4) is 0 Å². The Balaban J connectivity index is 2.00. The van der Waals surface area contributed by atoms with Crippen LogP contribution in [-0.4, -0.2) is 0 Å². The van der Waals surface area contributed by atoms with Crippen LogP contribution in [0.1, 0.15) is 34.9 Å². The maximum atomic E-state index is 12.7. The van der Waals surface area contributed by atoms with Crippen LogP contribution in [0.2, 0.25) is 0 Å². The van der Waals surface area contributed by atoms with Gasteiger partial charge in [0.25, 0.3) is 0 Å². The summed E-state index contributed by atoms with van der Waals surface area (Å²) in [6.45, 7) is 0. The Hall–Kier alpha value is -1.37. The van der Waals surface area contributed by atoms with Crippen molar-refractivity contribution < 1.29 is 13.2 Å². The third kappa shape index (κ3) is 4.56. The van der Waals surface area contributed by atoms with Crippen molar-refractivity contribution in [3.8, 4) is 0 Å². The van der Waals surface area contributed by atoms with E-state index in [4.69, 9.17) is 5.84 Å². The van der Waals surface area contributed by atoms with Gasteiger partial charge >= 0.3 is 6.18 Å². The fourth-order valence-electron chi connectivity index (χ4n) is 2.21. The van der Waals surface area contributed by atoms with E-state index in [2.05, 4.69) is 11.5 Å². The van der Waals surface area contributed by atoms with E-state index in [1.807, 2.05) is 11.4 Å². The van der Waals surface area contributed by atoms with E-state index in [9.17, 15) is 13.2 Å². The van der Waals surface area contributed by atoms with Crippen LogP contribution in [0.15, 0.2) is 41.8 Å². The largest absolute Gasteiger partial charge is 0.416 e. The van der Waals surface area contributed by atoms with E-state index >= 15 is 0 Å². The number of benzene rings is 1. The van der Waals surface area contributed by atoms with Gasteiger partial charge in [-0.3, -0.25) is 11.3 Å². The third-order valence-corrected chi connectivity index (χ3v) is 4.25. The maximum Gasteiger partial charge on any atom is 0.416 e. The standard InChI is InChI=1S/C15H17F3N2S/c16-15(17,18)12-5-1-4-11(10-12)14(20-19)8-2-6-13-7-3-9-21-13/h1,3-5,7,9-10,14,20H,2,6,8,19H2. The highest BCUT2D eigenvalue weighted by atomic mass is 32.1. The summed E-state index contributed by atoms with van der Waals surface area (Å²) < 4.78 is 38.2. The molecule has 0 saturated carbocycles. The number of nitrogens with one attached hydrogen (secondary N) is 1. The number of hydrogen-bond donors (Lipinski definition) is 2. The van der Waals surface area contributed by atoms with Crippen molar-refractivity contribution in [2.75, 3.05) is 0 Å². The summed E-state index contributed by atoms with van der Waals surface area (Å²) in [5.74, 6) is 5.49. The van der Waals surface area contributed by atoms with Gasteiger partial charge in [0.15, 0.2) is 0 Å². The third-order valence-electron chi connectivity index (χ3n) is 3.31. The van der Waals surface area contributed by atoms with E-state index in [-0.39, 0.29) is 6.04 Å². The summed E-state index contributed by atoms with van der Waals surface area (Å²) in [4.78, 5) is 1.27. The number of nitrogens with two attached hydrogens (primary N) is 1. The van der Waals surface area contributed by atoms with Crippen LogP contribution in [0.5, 0.6) is 0 Å². The van der Waals surface area contributed by atoms with Gasteiger partial charge in [-0.2, -0.15) is 13.2 Å². The Bertz CT molecular complexity index is 552. The van der Waals surface area contributed by atoms with E-state index in [0.29, 0.717) is 12.0 Å². The lowest BCUT2D eigenvalue weighted by Gasteiger charge is -2.17. The molecule has 1 aromatic carbocycles. The van der Waals surface area contributed by atoms with Crippen LogP contribution >= 0.6 is 11.3 Å². The molecule has 0 saturated heterocycles. The lowest BCUT2D eigenvalue weighted by Crippen LogP contribution is -2.28. The summed E-state index contributed by atoms with van der Waals surface area (Å²) in [7, 11) is 0. The molecular formula is C15H17F3N2S. The Labute approximate surface area is 125 Å². The highest BCUT2D eigenvalue weighted by Crippen LogP contribution is 2.31. The van der Waals surface area contributed by atoms with E-state index in [1.165, 1.54) is 10.9 Å². The Morgan fingerprint density at radius 2 is 2.00 bits per heavy atom. The molecule has 0 aliphatic rings. The zero-order valence-corrected chi connectivity index (χ0v) is 12.2. The minimum absolute atomic E-state index is 0.271. The molecule has 1 unspecified atom stereocenters. The van der Waals surface area contributed by atoms with Crippen molar-refractivity contribution in [1.29, 1.82) is 0 Å². The molecule has 2 nitrogen and oxygen atoms in total. The topological polar surface area (TPSA) is 38.0 Å². The number of halogens is 3. The van der Waals surface area contributed by atoms with Gasteiger partial charge in [0.05, 0.1) is 5.56 Å². The quantitative estimate of drug-likeness (QED) is 0.616. The Morgan fingerprint density at radius 3 is 2.62 bits per heavy atom. The fourth-order valence-corrected chi connectivity index (χ4v) is 2.96. The molecule has 0 aliphatic carbocycles. The van der Waals surface area contributed by atoms with Gasteiger partial charge in [-0.1, -0.05) is 18.2 Å². The maximum absolute atomic E-state index is 12.7. The summed E-state index contributed by atoms with van der Waals surface area (Å²) in [6.07, 6.45) is -1.86. The molecule has 1 aromatic heterocycles. The fraction of sp³-hybridized carbons (Fsp3) is 0.333.